The lowest BCUT2D eigenvalue weighted by Gasteiger charge is -2.28. The zero-order valence-corrected chi connectivity index (χ0v) is 16.1. The van der Waals surface area contributed by atoms with Crippen LogP contribution in [0.4, 0.5) is 0 Å². The molecular formula is C22H23N3O3. The highest BCUT2D eigenvalue weighted by Gasteiger charge is 2.22. The first-order valence-corrected chi connectivity index (χ1v) is 9.28. The van der Waals surface area contributed by atoms with Gasteiger partial charge in [-0.3, -0.25) is 9.69 Å². The van der Waals surface area contributed by atoms with Crippen LogP contribution >= 0.6 is 0 Å². The zero-order valence-electron chi connectivity index (χ0n) is 16.1. The monoisotopic (exact) mass is 377 g/mol. The lowest BCUT2D eigenvalue weighted by atomic mass is 10.0. The van der Waals surface area contributed by atoms with E-state index >= 15 is 0 Å². The fourth-order valence-electron chi connectivity index (χ4n) is 3.60. The van der Waals surface area contributed by atoms with E-state index in [4.69, 9.17) is 14.5 Å². The molecule has 1 N–H and O–H groups in total. The van der Waals surface area contributed by atoms with Gasteiger partial charge in [-0.25, -0.2) is 4.98 Å². The quantitative estimate of drug-likeness (QED) is 0.740. The number of H-pyrrole nitrogens is 1. The van der Waals surface area contributed by atoms with Crippen molar-refractivity contribution in [3.63, 3.8) is 0 Å². The molecule has 6 heteroatoms. The van der Waals surface area contributed by atoms with Crippen molar-refractivity contribution in [2.45, 2.75) is 19.5 Å². The molecule has 28 heavy (non-hydrogen) atoms. The average Bonchev–Trinajstić information content (AvgIpc) is 2.74. The minimum absolute atomic E-state index is 0.0637. The van der Waals surface area contributed by atoms with Gasteiger partial charge in [0, 0.05) is 37.2 Å². The number of aromatic amines is 1. The van der Waals surface area contributed by atoms with Crippen LogP contribution in [0.2, 0.25) is 0 Å². The molecule has 0 fully saturated rings. The first kappa shape index (κ1) is 18.3. The van der Waals surface area contributed by atoms with Gasteiger partial charge in [-0.05, 0) is 18.2 Å². The van der Waals surface area contributed by atoms with Gasteiger partial charge in [-0.1, -0.05) is 30.3 Å². The van der Waals surface area contributed by atoms with Gasteiger partial charge in [0.05, 0.1) is 25.5 Å². The van der Waals surface area contributed by atoms with E-state index in [2.05, 4.69) is 9.88 Å². The largest absolute Gasteiger partial charge is 0.497 e. The number of hydrogen-bond acceptors (Lipinski definition) is 5. The molecule has 1 aliphatic heterocycles. The molecule has 4 rings (SSSR count). The van der Waals surface area contributed by atoms with Gasteiger partial charge in [0.25, 0.3) is 5.56 Å². The Kier molecular flexibility index (Phi) is 5.12. The second-order valence-electron chi connectivity index (χ2n) is 6.84. The van der Waals surface area contributed by atoms with Crippen molar-refractivity contribution < 1.29 is 9.47 Å². The third kappa shape index (κ3) is 3.64. The van der Waals surface area contributed by atoms with Gasteiger partial charge in [-0.2, -0.15) is 0 Å². The van der Waals surface area contributed by atoms with Crippen LogP contribution in [0.5, 0.6) is 11.5 Å². The summed E-state index contributed by atoms with van der Waals surface area (Å²) in [6.45, 7) is 2.07. The van der Waals surface area contributed by atoms with Gasteiger partial charge < -0.3 is 14.5 Å². The van der Waals surface area contributed by atoms with Gasteiger partial charge >= 0.3 is 0 Å². The van der Waals surface area contributed by atoms with Crippen molar-refractivity contribution in [3.05, 3.63) is 75.7 Å². The van der Waals surface area contributed by atoms with Crippen molar-refractivity contribution in [1.29, 1.82) is 0 Å². The van der Waals surface area contributed by atoms with E-state index in [1.807, 2.05) is 48.5 Å². The Hall–Kier alpha value is -3.12. The molecule has 6 nitrogen and oxygen atoms in total. The van der Waals surface area contributed by atoms with E-state index in [1.165, 1.54) is 0 Å². The molecule has 0 saturated heterocycles. The fraction of sp³-hybridized carbons (Fsp3) is 0.273. The number of benzene rings is 2. The number of hydrogen-bond donors (Lipinski definition) is 1. The summed E-state index contributed by atoms with van der Waals surface area (Å²) in [5, 5.41) is 0. The van der Waals surface area contributed by atoms with E-state index < -0.39 is 0 Å². The normalized spacial score (nSPS) is 13.8. The molecule has 0 atom stereocenters. The maximum absolute atomic E-state index is 12.7. The van der Waals surface area contributed by atoms with Crippen LogP contribution in [-0.4, -0.2) is 35.6 Å². The van der Waals surface area contributed by atoms with Crippen LogP contribution < -0.4 is 15.0 Å². The Labute approximate surface area is 163 Å². The van der Waals surface area contributed by atoms with Crippen LogP contribution in [0.15, 0.2) is 53.3 Å². The summed E-state index contributed by atoms with van der Waals surface area (Å²) in [7, 11) is 3.31. The van der Waals surface area contributed by atoms with Crippen molar-refractivity contribution in [3.8, 4) is 22.9 Å². The molecule has 2 aromatic carbocycles. The van der Waals surface area contributed by atoms with Crippen molar-refractivity contribution in [2.75, 3.05) is 20.8 Å². The second-order valence-corrected chi connectivity index (χ2v) is 6.84. The predicted octanol–water partition coefficient (Wildman–Crippen LogP) is 3.01. The van der Waals surface area contributed by atoms with Crippen molar-refractivity contribution >= 4 is 0 Å². The molecule has 144 valence electrons. The van der Waals surface area contributed by atoms with Crippen molar-refractivity contribution in [1.82, 2.24) is 14.9 Å². The number of fused-ring (bicyclic) bond motifs is 1. The Morgan fingerprint density at radius 2 is 1.93 bits per heavy atom. The highest BCUT2D eigenvalue weighted by atomic mass is 16.5. The molecule has 0 radical (unpaired) electrons. The van der Waals surface area contributed by atoms with Gasteiger partial charge in [-0.15, -0.1) is 0 Å². The summed E-state index contributed by atoms with van der Waals surface area (Å²) in [5.74, 6) is 2.24. The predicted molar refractivity (Wildman–Crippen MR) is 108 cm³/mol. The highest BCUT2D eigenvalue weighted by molar-refractivity contribution is 5.54. The van der Waals surface area contributed by atoms with Gasteiger partial charge in [0.15, 0.2) is 0 Å². The maximum Gasteiger partial charge on any atom is 0.255 e. The van der Waals surface area contributed by atoms with Crippen LogP contribution in [0.1, 0.15) is 16.8 Å². The molecule has 3 aromatic rings. The van der Waals surface area contributed by atoms with Gasteiger partial charge in [0.1, 0.15) is 17.3 Å². The smallest absolute Gasteiger partial charge is 0.255 e. The number of ether oxygens (including phenoxy) is 2. The summed E-state index contributed by atoms with van der Waals surface area (Å²) >= 11 is 0. The third-order valence-electron chi connectivity index (χ3n) is 5.08. The molecular weight excluding hydrogens is 354 g/mol. The Morgan fingerprint density at radius 1 is 1.11 bits per heavy atom. The first-order valence-electron chi connectivity index (χ1n) is 9.28. The molecule has 0 aliphatic carbocycles. The number of nitrogens with one attached hydrogen (secondary N) is 1. The number of aromatic nitrogens is 2. The Morgan fingerprint density at radius 3 is 2.68 bits per heavy atom. The molecule has 0 bridgehead atoms. The SMILES string of the molecule is COc1ccc(OC)c(CN2CCc3nc(-c4ccccc4)[nH]c(=O)c3C2)c1. The van der Waals surface area contributed by atoms with Gasteiger partial charge in [0.2, 0.25) is 0 Å². The Balaban J connectivity index is 1.58. The van der Waals surface area contributed by atoms with Crippen LogP contribution in [-0.2, 0) is 19.5 Å². The van der Waals surface area contributed by atoms with E-state index in [9.17, 15) is 4.79 Å². The lowest BCUT2D eigenvalue weighted by molar-refractivity contribution is 0.237. The fourth-order valence-corrected chi connectivity index (χ4v) is 3.60. The van der Waals surface area contributed by atoms with Crippen molar-refractivity contribution in [2.24, 2.45) is 0 Å². The molecule has 0 unspecified atom stereocenters. The van der Waals surface area contributed by atoms with Crippen LogP contribution in [0, 0.1) is 0 Å². The number of methoxy groups -OCH3 is 2. The summed E-state index contributed by atoms with van der Waals surface area (Å²) in [6, 6.07) is 15.5. The zero-order chi connectivity index (χ0) is 19.5. The summed E-state index contributed by atoms with van der Waals surface area (Å²) in [5.41, 5.74) is 3.52. The average molecular weight is 377 g/mol. The first-order chi connectivity index (χ1) is 13.7. The highest BCUT2D eigenvalue weighted by Crippen LogP contribution is 2.27. The number of nitrogens with zero attached hydrogens (tertiary/aromatic N) is 2. The van der Waals surface area contributed by atoms with Crippen LogP contribution in [0.25, 0.3) is 11.4 Å². The molecule has 1 aliphatic rings. The summed E-state index contributed by atoms with van der Waals surface area (Å²) in [4.78, 5) is 22.6. The molecule has 0 spiro atoms. The Bertz CT molecular complexity index is 1030. The topological polar surface area (TPSA) is 67.5 Å². The second kappa shape index (κ2) is 7.86. The molecule has 0 saturated carbocycles. The van der Waals surface area contributed by atoms with Crippen LogP contribution in [0.3, 0.4) is 0 Å². The van der Waals surface area contributed by atoms with E-state index in [-0.39, 0.29) is 5.56 Å². The summed E-state index contributed by atoms with van der Waals surface area (Å²) in [6.07, 6.45) is 0.741. The van der Waals surface area contributed by atoms with E-state index in [1.54, 1.807) is 14.2 Å². The summed E-state index contributed by atoms with van der Waals surface area (Å²) < 4.78 is 10.8. The number of rotatable bonds is 5. The minimum atomic E-state index is -0.0637. The molecule has 2 heterocycles. The van der Waals surface area contributed by atoms with E-state index in [0.717, 1.165) is 46.8 Å². The van der Waals surface area contributed by atoms with E-state index in [0.29, 0.717) is 18.9 Å². The molecule has 0 amide bonds. The molecule has 1 aromatic heterocycles. The minimum Gasteiger partial charge on any atom is -0.497 e. The maximum atomic E-state index is 12.7. The third-order valence-corrected chi connectivity index (χ3v) is 5.08. The standard InChI is InChI=1S/C22H23N3O3/c1-27-17-8-9-20(28-2)16(12-17)13-25-11-10-19-18(14-25)22(26)24-21(23-19)15-6-4-3-5-7-15/h3-9,12H,10-11,13-14H2,1-2H3,(H,23,24,26). The lowest BCUT2D eigenvalue weighted by Crippen LogP contribution is -2.35.